The molecule has 0 unspecified atom stereocenters. The molecule has 1 aliphatic rings. The van der Waals surface area contributed by atoms with Gasteiger partial charge in [-0.2, -0.15) is 4.31 Å². The Bertz CT molecular complexity index is 960. The average Bonchev–Trinajstić information content (AvgIpc) is 3.08. The quantitative estimate of drug-likeness (QED) is 0.841. The maximum atomic E-state index is 12.7. The van der Waals surface area contributed by atoms with Crippen molar-refractivity contribution in [2.75, 3.05) is 31.5 Å². The Morgan fingerprint density at radius 1 is 1.07 bits per heavy atom. The molecule has 144 valence electrons. The molecule has 9 heteroatoms. The number of anilines is 1. The van der Waals surface area contributed by atoms with E-state index in [0.29, 0.717) is 28.5 Å². The number of carbonyl (C=O) groups is 2. The number of sulfonamides is 1. The molecule has 1 fully saturated rings. The minimum Gasteiger partial charge on any atom is -0.336 e. The van der Waals surface area contributed by atoms with Crippen LogP contribution >= 0.6 is 11.3 Å². The van der Waals surface area contributed by atoms with Crippen molar-refractivity contribution in [3.63, 3.8) is 0 Å². The van der Waals surface area contributed by atoms with Crippen LogP contribution in [0.15, 0.2) is 40.6 Å². The second-order valence-electron chi connectivity index (χ2n) is 6.32. The van der Waals surface area contributed by atoms with Crippen molar-refractivity contribution in [2.24, 2.45) is 0 Å². The summed E-state index contributed by atoms with van der Waals surface area (Å²) < 4.78 is 27.1. The van der Waals surface area contributed by atoms with Crippen LogP contribution in [0.5, 0.6) is 0 Å². The predicted octanol–water partition coefficient (Wildman–Crippen LogP) is 2.16. The molecule has 1 aromatic carbocycles. The largest absolute Gasteiger partial charge is 0.336 e. The Kier molecular flexibility index (Phi) is 5.64. The summed E-state index contributed by atoms with van der Waals surface area (Å²) in [5, 5.41) is 2.65. The molecule has 0 bridgehead atoms. The minimum atomic E-state index is -3.51. The summed E-state index contributed by atoms with van der Waals surface area (Å²) in [5.41, 5.74) is 1.02. The lowest BCUT2D eigenvalue weighted by Crippen LogP contribution is -2.50. The number of aryl methyl sites for hydroxylation is 1. The Labute approximate surface area is 162 Å². The highest BCUT2D eigenvalue weighted by Crippen LogP contribution is 2.25. The SMILES string of the molecule is CC(=O)Nc1cccc(C(=O)N2CCN(S(=O)(=O)c3ccc(C)s3)CC2)c1. The van der Waals surface area contributed by atoms with Gasteiger partial charge in [0.05, 0.1) is 0 Å². The fraction of sp³-hybridized carbons (Fsp3) is 0.333. The highest BCUT2D eigenvalue weighted by Gasteiger charge is 2.31. The van der Waals surface area contributed by atoms with Crippen LogP contribution in [0.4, 0.5) is 5.69 Å². The minimum absolute atomic E-state index is 0.175. The molecule has 3 rings (SSSR count). The molecule has 2 heterocycles. The van der Waals surface area contributed by atoms with Crippen LogP contribution in [-0.2, 0) is 14.8 Å². The van der Waals surface area contributed by atoms with Crippen molar-refractivity contribution in [3.8, 4) is 0 Å². The molecular weight excluding hydrogens is 386 g/mol. The van der Waals surface area contributed by atoms with E-state index >= 15 is 0 Å². The lowest BCUT2D eigenvalue weighted by atomic mass is 10.1. The number of amides is 2. The van der Waals surface area contributed by atoms with Gasteiger partial charge in [-0.3, -0.25) is 9.59 Å². The number of piperazine rings is 1. The van der Waals surface area contributed by atoms with E-state index in [1.54, 1.807) is 41.3 Å². The molecule has 1 saturated heterocycles. The van der Waals surface area contributed by atoms with Crippen molar-refractivity contribution >= 4 is 38.9 Å². The van der Waals surface area contributed by atoms with Gasteiger partial charge in [0.15, 0.2) is 0 Å². The molecule has 2 amide bonds. The summed E-state index contributed by atoms with van der Waals surface area (Å²) in [6.07, 6.45) is 0. The Morgan fingerprint density at radius 3 is 2.37 bits per heavy atom. The van der Waals surface area contributed by atoms with Crippen molar-refractivity contribution in [2.45, 2.75) is 18.1 Å². The lowest BCUT2D eigenvalue weighted by Gasteiger charge is -2.33. The molecule has 0 radical (unpaired) electrons. The van der Waals surface area contributed by atoms with Gasteiger partial charge in [0.2, 0.25) is 5.91 Å². The number of nitrogens with one attached hydrogen (secondary N) is 1. The van der Waals surface area contributed by atoms with Crippen LogP contribution in [0.2, 0.25) is 0 Å². The van der Waals surface area contributed by atoms with E-state index in [4.69, 9.17) is 0 Å². The molecule has 27 heavy (non-hydrogen) atoms. The first kappa shape index (κ1) is 19.5. The van der Waals surface area contributed by atoms with Gasteiger partial charge in [-0.1, -0.05) is 6.07 Å². The summed E-state index contributed by atoms with van der Waals surface area (Å²) >= 11 is 1.25. The number of rotatable bonds is 4. The summed E-state index contributed by atoms with van der Waals surface area (Å²) in [6.45, 7) is 4.45. The van der Waals surface area contributed by atoms with E-state index < -0.39 is 10.0 Å². The number of hydrogen-bond acceptors (Lipinski definition) is 5. The van der Waals surface area contributed by atoms with Gasteiger partial charge >= 0.3 is 0 Å². The summed E-state index contributed by atoms with van der Waals surface area (Å²) in [7, 11) is -3.51. The normalized spacial score (nSPS) is 15.6. The van der Waals surface area contributed by atoms with Gasteiger partial charge in [-0.25, -0.2) is 8.42 Å². The fourth-order valence-corrected chi connectivity index (χ4v) is 5.79. The number of nitrogens with zero attached hydrogens (tertiary/aromatic N) is 2. The van der Waals surface area contributed by atoms with Gasteiger partial charge in [-0.15, -0.1) is 11.3 Å². The standard InChI is InChI=1S/C18H21N3O4S2/c1-13-6-7-17(26-13)27(24,25)21-10-8-20(9-11-21)18(23)15-4-3-5-16(12-15)19-14(2)22/h3-7,12H,8-11H2,1-2H3,(H,19,22). The number of benzene rings is 1. The fourth-order valence-electron chi connectivity index (χ4n) is 2.93. The molecule has 2 aromatic rings. The molecule has 1 aromatic heterocycles. The molecule has 1 N–H and O–H groups in total. The zero-order valence-corrected chi connectivity index (χ0v) is 16.8. The molecule has 0 aliphatic carbocycles. The van der Waals surface area contributed by atoms with Gasteiger partial charge in [0.25, 0.3) is 15.9 Å². The van der Waals surface area contributed by atoms with E-state index in [2.05, 4.69) is 5.32 Å². The first-order valence-electron chi connectivity index (χ1n) is 8.51. The lowest BCUT2D eigenvalue weighted by molar-refractivity contribution is -0.114. The van der Waals surface area contributed by atoms with Gasteiger partial charge < -0.3 is 10.2 Å². The topological polar surface area (TPSA) is 86.8 Å². The van der Waals surface area contributed by atoms with Crippen molar-refractivity contribution in [1.29, 1.82) is 0 Å². The van der Waals surface area contributed by atoms with Crippen LogP contribution in [0.1, 0.15) is 22.2 Å². The number of hydrogen-bond donors (Lipinski definition) is 1. The van der Waals surface area contributed by atoms with Gasteiger partial charge in [0.1, 0.15) is 4.21 Å². The number of thiophene rings is 1. The maximum Gasteiger partial charge on any atom is 0.254 e. The third kappa shape index (κ3) is 4.37. The van der Waals surface area contributed by atoms with E-state index in [9.17, 15) is 18.0 Å². The Hall–Kier alpha value is -2.23. The van der Waals surface area contributed by atoms with Crippen molar-refractivity contribution in [3.05, 3.63) is 46.8 Å². The molecule has 0 saturated carbocycles. The molecule has 7 nitrogen and oxygen atoms in total. The summed E-state index contributed by atoms with van der Waals surface area (Å²) in [6, 6.07) is 10.1. The summed E-state index contributed by atoms with van der Waals surface area (Å²) in [5.74, 6) is -0.381. The van der Waals surface area contributed by atoms with Crippen LogP contribution in [0.25, 0.3) is 0 Å². The molecule has 0 atom stereocenters. The highest BCUT2D eigenvalue weighted by atomic mass is 32.2. The van der Waals surface area contributed by atoms with E-state index in [1.165, 1.54) is 22.6 Å². The zero-order valence-electron chi connectivity index (χ0n) is 15.1. The highest BCUT2D eigenvalue weighted by molar-refractivity contribution is 7.91. The maximum absolute atomic E-state index is 12.7. The van der Waals surface area contributed by atoms with E-state index in [-0.39, 0.29) is 24.9 Å². The summed E-state index contributed by atoms with van der Waals surface area (Å²) in [4.78, 5) is 26.5. The van der Waals surface area contributed by atoms with E-state index in [1.807, 2.05) is 6.92 Å². The van der Waals surface area contributed by atoms with Crippen LogP contribution < -0.4 is 5.32 Å². The second kappa shape index (κ2) is 7.79. The van der Waals surface area contributed by atoms with Crippen molar-refractivity contribution < 1.29 is 18.0 Å². The smallest absolute Gasteiger partial charge is 0.254 e. The van der Waals surface area contributed by atoms with Crippen LogP contribution in [-0.4, -0.2) is 55.6 Å². The van der Waals surface area contributed by atoms with E-state index in [0.717, 1.165) is 4.88 Å². The average molecular weight is 408 g/mol. The predicted molar refractivity (Wildman–Crippen MR) is 104 cm³/mol. The van der Waals surface area contributed by atoms with Gasteiger partial charge in [0, 0.05) is 49.2 Å². The van der Waals surface area contributed by atoms with Gasteiger partial charge in [-0.05, 0) is 37.3 Å². The zero-order chi connectivity index (χ0) is 19.6. The Morgan fingerprint density at radius 2 is 1.78 bits per heavy atom. The number of carbonyl (C=O) groups excluding carboxylic acids is 2. The monoisotopic (exact) mass is 407 g/mol. The Balaban J connectivity index is 1.67. The molecular formula is C18H21N3O4S2. The third-order valence-electron chi connectivity index (χ3n) is 4.27. The molecule has 0 spiro atoms. The third-order valence-corrected chi connectivity index (χ3v) is 7.63. The van der Waals surface area contributed by atoms with Crippen LogP contribution in [0.3, 0.4) is 0 Å². The second-order valence-corrected chi connectivity index (χ2v) is 9.78. The van der Waals surface area contributed by atoms with Crippen LogP contribution in [0, 0.1) is 6.92 Å². The first-order valence-corrected chi connectivity index (χ1v) is 10.8. The molecule has 1 aliphatic heterocycles. The van der Waals surface area contributed by atoms with Crippen molar-refractivity contribution in [1.82, 2.24) is 9.21 Å². The first-order chi connectivity index (χ1) is 12.8.